The van der Waals surface area contributed by atoms with Crippen molar-refractivity contribution in [2.75, 3.05) is 21.2 Å². The minimum atomic E-state index is -0.653. The first kappa shape index (κ1) is 18.3. The van der Waals surface area contributed by atoms with Gasteiger partial charge in [-0.1, -0.05) is 12.1 Å². The molecular weight excluding hydrogens is 300 g/mol. The third kappa shape index (κ3) is 5.90. The number of methoxy groups -OCH3 is 1. The molecule has 0 N–H and O–H groups in total. The molecule has 1 aromatic carbocycles. The van der Waals surface area contributed by atoms with E-state index in [1.807, 2.05) is 31.3 Å². The van der Waals surface area contributed by atoms with Gasteiger partial charge in [0.2, 0.25) is 0 Å². The number of hydrogen-bond donors (Lipinski definition) is 0. The van der Waals surface area contributed by atoms with Gasteiger partial charge in [0.1, 0.15) is 5.78 Å². The van der Waals surface area contributed by atoms with E-state index in [0.717, 1.165) is 6.07 Å². The highest BCUT2D eigenvalue weighted by Gasteiger charge is 2.19. The highest BCUT2D eigenvalue weighted by atomic mass is 16.6. The third-order valence-corrected chi connectivity index (χ3v) is 3.08. The lowest BCUT2D eigenvalue weighted by Crippen LogP contribution is -2.08. The number of nitrogens with zero attached hydrogens (tertiary/aromatic N) is 2. The number of ether oxygens (including phenoxy) is 1. The first-order chi connectivity index (χ1) is 10.8. The van der Waals surface area contributed by atoms with Crippen LogP contribution in [-0.4, -0.2) is 42.8 Å². The fourth-order valence-corrected chi connectivity index (χ4v) is 1.96. The van der Waals surface area contributed by atoms with Crippen LogP contribution in [0.15, 0.2) is 30.5 Å². The molecule has 0 spiro atoms. The largest absolute Gasteiger partial charge is 0.465 e. The van der Waals surface area contributed by atoms with E-state index in [1.54, 1.807) is 0 Å². The number of rotatable bonds is 8. The minimum Gasteiger partial charge on any atom is -0.465 e. The van der Waals surface area contributed by atoms with Crippen molar-refractivity contribution < 1.29 is 19.2 Å². The number of esters is 1. The van der Waals surface area contributed by atoms with E-state index in [4.69, 9.17) is 0 Å². The van der Waals surface area contributed by atoms with Crippen LogP contribution in [0.1, 0.15) is 28.8 Å². The van der Waals surface area contributed by atoms with E-state index in [-0.39, 0.29) is 23.5 Å². The van der Waals surface area contributed by atoms with E-state index >= 15 is 0 Å². The molecule has 0 saturated carbocycles. The van der Waals surface area contributed by atoms with Gasteiger partial charge in [0.25, 0.3) is 5.69 Å². The van der Waals surface area contributed by atoms with Gasteiger partial charge in [-0.3, -0.25) is 14.9 Å². The maximum absolute atomic E-state index is 11.9. The van der Waals surface area contributed by atoms with Gasteiger partial charge in [-0.25, -0.2) is 4.79 Å². The van der Waals surface area contributed by atoms with E-state index in [0.29, 0.717) is 18.4 Å². The lowest BCUT2D eigenvalue weighted by atomic mass is 10.0. The van der Waals surface area contributed by atoms with Crippen molar-refractivity contribution >= 4 is 17.4 Å². The van der Waals surface area contributed by atoms with E-state index < -0.39 is 10.9 Å². The maximum atomic E-state index is 11.9. The number of hydrogen-bond acceptors (Lipinski definition) is 6. The van der Waals surface area contributed by atoms with Gasteiger partial charge in [-0.2, -0.15) is 0 Å². The van der Waals surface area contributed by atoms with Crippen LogP contribution in [0, 0.1) is 10.1 Å². The number of carbonyl (C=O) groups is 2. The highest BCUT2D eigenvalue weighted by Crippen LogP contribution is 2.22. The summed E-state index contributed by atoms with van der Waals surface area (Å²) in [6.07, 6.45) is 4.56. The number of ketones is 1. The van der Waals surface area contributed by atoms with Crippen molar-refractivity contribution in [3.05, 3.63) is 51.7 Å². The topological polar surface area (TPSA) is 89.8 Å². The second-order valence-electron chi connectivity index (χ2n) is 5.19. The normalized spacial score (nSPS) is 10.6. The zero-order valence-electron chi connectivity index (χ0n) is 13.4. The second kappa shape index (κ2) is 8.67. The zero-order chi connectivity index (χ0) is 17.4. The standard InChI is InChI=1S/C16H20N2O5/c1-17(2)9-5-4-6-14(19)10-12-7-8-13(16(20)23-3)11-15(12)18(21)22/h5,7-9,11H,4,6,10H2,1-3H3. The van der Waals surface area contributed by atoms with Gasteiger partial charge < -0.3 is 9.64 Å². The van der Waals surface area contributed by atoms with Crippen molar-refractivity contribution in [2.24, 2.45) is 0 Å². The molecule has 124 valence electrons. The number of nitro groups is 1. The first-order valence-corrected chi connectivity index (χ1v) is 7.05. The maximum Gasteiger partial charge on any atom is 0.338 e. The average molecular weight is 320 g/mol. The highest BCUT2D eigenvalue weighted by molar-refractivity contribution is 5.91. The molecule has 0 saturated heterocycles. The van der Waals surface area contributed by atoms with Crippen LogP contribution in [0.3, 0.4) is 0 Å². The van der Waals surface area contributed by atoms with Crippen LogP contribution in [0.5, 0.6) is 0 Å². The summed E-state index contributed by atoms with van der Waals surface area (Å²) < 4.78 is 4.54. The number of allylic oxidation sites excluding steroid dienone is 1. The van der Waals surface area contributed by atoms with E-state index in [1.165, 1.54) is 19.2 Å². The minimum absolute atomic E-state index is 0.0342. The van der Waals surface area contributed by atoms with Crippen LogP contribution in [0.25, 0.3) is 0 Å². The summed E-state index contributed by atoms with van der Waals surface area (Å²) in [6, 6.07) is 3.99. The van der Waals surface area contributed by atoms with E-state index in [9.17, 15) is 19.7 Å². The van der Waals surface area contributed by atoms with Gasteiger partial charge in [-0.05, 0) is 18.7 Å². The number of benzene rings is 1. The second-order valence-corrected chi connectivity index (χ2v) is 5.19. The number of Topliss-reactive ketones (excluding diaryl/α,β-unsaturated/α-hetero) is 1. The van der Waals surface area contributed by atoms with Gasteiger partial charge >= 0.3 is 5.97 Å². The van der Waals surface area contributed by atoms with E-state index in [2.05, 4.69) is 4.74 Å². The molecule has 0 aromatic heterocycles. The smallest absolute Gasteiger partial charge is 0.338 e. The Morgan fingerprint density at radius 1 is 1.35 bits per heavy atom. The lowest BCUT2D eigenvalue weighted by Gasteiger charge is -2.05. The fraction of sp³-hybridized carbons (Fsp3) is 0.375. The first-order valence-electron chi connectivity index (χ1n) is 7.05. The SMILES string of the molecule is COC(=O)c1ccc(CC(=O)CCC=CN(C)C)c([N+](=O)[O-])c1. The Hall–Kier alpha value is -2.70. The molecule has 0 aliphatic rings. The lowest BCUT2D eigenvalue weighted by molar-refractivity contribution is -0.385. The van der Waals surface area contributed by atoms with Crippen molar-refractivity contribution in [2.45, 2.75) is 19.3 Å². The van der Waals surface area contributed by atoms with Crippen molar-refractivity contribution in [1.29, 1.82) is 0 Å². The Labute approximate surface area is 134 Å². The summed E-state index contributed by atoms with van der Waals surface area (Å²) >= 11 is 0. The molecule has 0 fully saturated rings. The molecule has 7 heteroatoms. The Morgan fingerprint density at radius 3 is 2.61 bits per heavy atom. The Kier molecular flexibility index (Phi) is 6.92. The zero-order valence-corrected chi connectivity index (χ0v) is 13.4. The fourth-order valence-electron chi connectivity index (χ4n) is 1.96. The molecule has 0 radical (unpaired) electrons. The van der Waals surface area contributed by atoms with Crippen LogP contribution < -0.4 is 0 Å². The molecule has 0 amide bonds. The summed E-state index contributed by atoms with van der Waals surface area (Å²) in [5.41, 5.74) is 0.138. The quantitative estimate of drug-likeness (QED) is 0.415. The van der Waals surface area contributed by atoms with Crippen molar-refractivity contribution in [3.63, 3.8) is 0 Å². The molecule has 0 aliphatic heterocycles. The van der Waals surface area contributed by atoms with Gasteiger partial charge in [-0.15, -0.1) is 0 Å². The Morgan fingerprint density at radius 2 is 2.04 bits per heavy atom. The van der Waals surface area contributed by atoms with Crippen LogP contribution in [0.4, 0.5) is 5.69 Å². The molecule has 0 aliphatic carbocycles. The Bertz CT molecular complexity index is 623. The van der Waals surface area contributed by atoms with Gasteiger partial charge in [0.15, 0.2) is 0 Å². The molecule has 1 aromatic rings. The number of nitro benzene ring substituents is 1. The predicted octanol–water partition coefficient (Wildman–Crippen LogP) is 2.35. The Balaban J connectivity index is 2.81. The summed E-state index contributed by atoms with van der Waals surface area (Å²) in [4.78, 5) is 35.8. The predicted molar refractivity (Wildman–Crippen MR) is 85.2 cm³/mol. The summed E-state index contributed by atoms with van der Waals surface area (Å²) in [7, 11) is 4.96. The van der Waals surface area contributed by atoms with Crippen molar-refractivity contribution in [1.82, 2.24) is 4.90 Å². The molecule has 23 heavy (non-hydrogen) atoms. The monoisotopic (exact) mass is 320 g/mol. The molecule has 0 atom stereocenters. The van der Waals surface area contributed by atoms with Gasteiger partial charge in [0.05, 0.1) is 17.6 Å². The molecule has 1 rings (SSSR count). The van der Waals surface area contributed by atoms with Gasteiger partial charge in [0, 0.05) is 38.6 Å². The molecular formula is C16H20N2O5. The van der Waals surface area contributed by atoms with Crippen molar-refractivity contribution in [3.8, 4) is 0 Å². The van der Waals surface area contributed by atoms with Crippen LogP contribution >= 0.6 is 0 Å². The molecule has 7 nitrogen and oxygen atoms in total. The molecule has 0 bridgehead atoms. The van der Waals surface area contributed by atoms with Crippen LogP contribution in [-0.2, 0) is 16.0 Å². The van der Waals surface area contributed by atoms with Crippen LogP contribution in [0.2, 0.25) is 0 Å². The molecule has 0 heterocycles. The summed E-state index contributed by atoms with van der Waals surface area (Å²) in [6.45, 7) is 0. The summed E-state index contributed by atoms with van der Waals surface area (Å²) in [5.74, 6) is -0.748. The summed E-state index contributed by atoms with van der Waals surface area (Å²) in [5, 5.41) is 11.1. The average Bonchev–Trinajstić information content (AvgIpc) is 2.50. The number of carbonyl (C=O) groups excluding carboxylic acids is 2. The third-order valence-electron chi connectivity index (χ3n) is 3.08. The molecule has 0 unspecified atom stereocenters.